The van der Waals surface area contributed by atoms with Gasteiger partial charge in [-0.25, -0.2) is 0 Å². The zero-order chi connectivity index (χ0) is 21.8. The van der Waals surface area contributed by atoms with Gasteiger partial charge >= 0.3 is 5.82 Å². The topological polar surface area (TPSA) is 116 Å². The largest absolute Gasteiger partial charge is 0.389 e. The molecule has 9 heteroatoms. The fourth-order valence-corrected chi connectivity index (χ4v) is 6.97. The van der Waals surface area contributed by atoms with E-state index in [0.29, 0.717) is 11.3 Å². The molecular weight excluding hydrogens is 398 g/mol. The van der Waals surface area contributed by atoms with Crippen molar-refractivity contribution < 1.29 is 14.2 Å². The van der Waals surface area contributed by atoms with Gasteiger partial charge in [0.15, 0.2) is 5.69 Å². The average molecular weight is 428 g/mol. The lowest BCUT2D eigenvalue weighted by molar-refractivity contribution is -0.389. The van der Waals surface area contributed by atoms with E-state index >= 15 is 0 Å². The summed E-state index contributed by atoms with van der Waals surface area (Å²) >= 11 is 0. The molecular formula is C22H29N5O4. The zero-order valence-electron chi connectivity index (χ0n) is 18.0. The molecule has 4 aliphatic carbocycles. The number of rotatable bonds is 7. The first-order valence-corrected chi connectivity index (χ1v) is 11.3. The number of hydrogen-bond acceptors (Lipinski definition) is 6. The Hall–Kier alpha value is -2.71. The van der Waals surface area contributed by atoms with Crippen molar-refractivity contribution in [1.82, 2.24) is 20.3 Å². The third-order valence-corrected chi connectivity index (χ3v) is 7.87. The van der Waals surface area contributed by atoms with Crippen molar-refractivity contribution in [3.8, 4) is 0 Å². The maximum absolute atomic E-state index is 13.3. The van der Waals surface area contributed by atoms with E-state index in [1.807, 2.05) is 0 Å². The molecule has 1 amide bonds. The lowest BCUT2D eigenvalue weighted by atomic mass is 9.47. The Morgan fingerprint density at radius 1 is 1.32 bits per heavy atom. The summed E-state index contributed by atoms with van der Waals surface area (Å²) in [7, 11) is 0. The van der Waals surface area contributed by atoms with Crippen LogP contribution in [0.4, 0.5) is 5.82 Å². The number of amides is 1. The van der Waals surface area contributed by atoms with Crippen LogP contribution in [0.1, 0.15) is 73.7 Å². The van der Waals surface area contributed by atoms with Crippen LogP contribution in [-0.4, -0.2) is 31.8 Å². The van der Waals surface area contributed by atoms with Gasteiger partial charge in [-0.15, -0.1) is 0 Å². The molecule has 6 rings (SSSR count). The Morgan fingerprint density at radius 3 is 2.52 bits per heavy atom. The molecule has 31 heavy (non-hydrogen) atoms. The summed E-state index contributed by atoms with van der Waals surface area (Å²) in [5.74, 6) is 2.52. The Morgan fingerprint density at radius 2 is 1.97 bits per heavy atom. The van der Waals surface area contributed by atoms with Gasteiger partial charge < -0.3 is 20.0 Å². The van der Waals surface area contributed by atoms with Crippen LogP contribution >= 0.6 is 0 Å². The lowest BCUT2D eigenvalue weighted by Crippen LogP contribution is -2.56. The van der Waals surface area contributed by atoms with Gasteiger partial charge in [-0.1, -0.05) is 12.1 Å². The summed E-state index contributed by atoms with van der Waals surface area (Å²) in [5.41, 5.74) is 1.07. The van der Waals surface area contributed by atoms with Crippen LogP contribution in [0, 0.1) is 40.2 Å². The summed E-state index contributed by atoms with van der Waals surface area (Å²) in [6.07, 6.45) is 10.2. The molecule has 1 unspecified atom stereocenters. The molecule has 166 valence electrons. The van der Waals surface area contributed by atoms with Crippen LogP contribution < -0.4 is 5.32 Å². The fourth-order valence-electron chi connectivity index (χ4n) is 6.97. The molecule has 2 aromatic rings. The van der Waals surface area contributed by atoms with Crippen LogP contribution in [0.15, 0.2) is 16.8 Å². The summed E-state index contributed by atoms with van der Waals surface area (Å²) in [4.78, 5) is 23.6. The minimum atomic E-state index is -0.540. The van der Waals surface area contributed by atoms with Crippen molar-refractivity contribution in [2.45, 2.75) is 71.4 Å². The Labute approximate surface area is 180 Å². The lowest BCUT2D eigenvalue weighted by Gasteiger charge is -2.59. The number of aryl methyl sites for hydroxylation is 1. The van der Waals surface area contributed by atoms with Crippen molar-refractivity contribution in [3.63, 3.8) is 0 Å². The van der Waals surface area contributed by atoms with E-state index in [0.717, 1.165) is 24.2 Å². The molecule has 0 spiro atoms. The van der Waals surface area contributed by atoms with Crippen LogP contribution in [-0.2, 0) is 6.54 Å². The molecule has 9 nitrogen and oxygen atoms in total. The minimum Gasteiger partial charge on any atom is -0.361 e. The first-order chi connectivity index (χ1) is 14.9. The molecule has 1 N–H and O–H groups in total. The molecule has 4 saturated carbocycles. The van der Waals surface area contributed by atoms with E-state index < -0.39 is 4.92 Å². The molecule has 0 radical (unpaired) electrons. The van der Waals surface area contributed by atoms with Gasteiger partial charge in [0.25, 0.3) is 5.91 Å². The Balaban J connectivity index is 1.35. The van der Waals surface area contributed by atoms with Crippen molar-refractivity contribution in [1.29, 1.82) is 0 Å². The molecule has 2 aromatic heterocycles. The van der Waals surface area contributed by atoms with E-state index in [9.17, 15) is 14.9 Å². The third kappa shape index (κ3) is 3.53. The molecule has 4 aliphatic rings. The molecule has 2 heterocycles. The predicted molar refractivity (Wildman–Crippen MR) is 111 cm³/mol. The molecule has 0 aromatic carbocycles. The van der Waals surface area contributed by atoms with Gasteiger partial charge in [-0.05, 0) is 80.0 Å². The maximum Gasteiger partial charge on any atom is 0.389 e. The van der Waals surface area contributed by atoms with E-state index in [4.69, 9.17) is 4.52 Å². The second-order valence-corrected chi connectivity index (χ2v) is 9.91. The highest BCUT2D eigenvalue weighted by atomic mass is 16.6. The number of carbonyl (C=O) groups excluding carboxylic acids is 1. The van der Waals surface area contributed by atoms with E-state index in [-0.39, 0.29) is 35.4 Å². The van der Waals surface area contributed by atoms with Crippen molar-refractivity contribution in [3.05, 3.63) is 39.4 Å². The highest BCUT2D eigenvalue weighted by Crippen LogP contribution is 2.61. The highest BCUT2D eigenvalue weighted by molar-refractivity contribution is 5.94. The van der Waals surface area contributed by atoms with Crippen molar-refractivity contribution in [2.75, 3.05) is 0 Å². The molecule has 4 bridgehead atoms. The monoisotopic (exact) mass is 427 g/mol. The van der Waals surface area contributed by atoms with Gasteiger partial charge in [0.1, 0.15) is 5.76 Å². The molecule has 1 atom stereocenters. The molecule has 0 aliphatic heterocycles. The predicted octanol–water partition coefficient (Wildman–Crippen LogP) is 3.86. The number of nitrogens with zero attached hydrogens (tertiary/aromatic N) is 4. The van der Waals surface area contributed by atoms with Crippen LogP contribution in [0.25, 0.3) is 0 Å². The number of nitrogens with one attached hydrogen (secondary N) is 1. The summed E-state index contributed by atoms with van der Waals surface area (Å²) < 4.78 is 6.76. The number of hydrogen-bond donors (Lipinski definition) is 1. The first kappa shape index (κ1) is 20.2. The second kappa shape index (κ2) is 7.46. The maximum atomic E-state index is 13.3. The Bertz CT molecular complexity index is 974. The fraction of sp³-hybridized carbons (Fsp3) is 0.682. The molecule has 0 saturated heterocycles. The second-order valence-electron chi connectivity index (χ2n) is 9.91. The van der Waals surface area contributed by atoms with Gasteiger partial charge in [0.2, 0.25) is 0 Å². The molecule has 4 fully saturated rings. The third-order valence-electron chi connectivity index (χ3n) is 7.87. The van der Waals surface area contributed by atoms with E-state index in [1.165, 1.54) is 55.5 Å². The van der Waals surface area contributed by atoms with Gasteiger partial charge in [-0.3, -0.25) is 4.79 Å². The van der Waals surface area contributed by atoms with Crippen LogP contribution in [0.5, 0.6) is 0 Å². The first-order valence-electron chi connectivity index (χ1n) is 11.3. The normalized spacial score (nSPS) is 29.8. The Kier molecular flexibility index (Phi) is 4.86. The number of aromatic nitrogens is 3. The number of nitro groups is 1. The zero-order valence-corrected chi connectivity index (χ0v) is 18.0. The van der Waals surface area contributed by atoms with E-state index in [1.54, 1.807) is 6.92 Å². The number of carbonyl (C=O) groups is 1. The highest BCUT2D eigenvalue weighted by Gasteiger charge is 2.54. The minimum absolute atomic E-state index is 0.129. The van der Waals surface area contributed by atoms with Gasteiger partial charge in [-0.2, -0.15) is 4.68 Å². The van der Waals surface area contributed by atoms with Crippen LogP contribution in [0.3, 0.4) is 0 Å². The van der Waals surface area contributed by atoms with Gasteiger partial charge in [0, 0.05) is 6.04 Å². The average Bonchev–Trinajstić information content (AvgIpc) is 3.32. The SMILES string of the molecule is CCC(NC(=O)c1noc(C)c1Cn1ccc([N+](=O)[O-])n1)C12CC3CC(CC(C3)C1)C2. The summed E-state index contributed by atoms with van der Waals surface area (Å²) in [6.45, 7) is 4.09. The summed E-state index contributed by atoms with van der Waals surface area (Å²) in [6, 6.07) is 1.46. The van der Waals surface area contributed by atoms with Gasteiger partial charge in [0.05, 0.1) is 29.5 Å². The quantitative estimate of drug-likeness (QED) is 0.530. The van der Waals surface area contributed by atoms with E-state index in [2.05, 4.69) is 22.5 Å². The van der Waals surface area contributed by atoms with Crippen molar-refractivity contribution >= 4 is 11.7 Å². The summed E-state index contributed by atoms with van der Waals surface area (Å²) in [5, 5.41) is 22.2. The standard InChI is InChI=1S/C22H29N5O4/c1-3-18(22-9-14-6-15(10-22)8-16(7-14)11-22)23-21(28)20-17(13(2)31-25-20)12-26-5-4-19(24-26)27(29)30/h4-5,14-16,18H,3,6-12H2,1-2H3,(H,23,28). The van der Waals surface area contributed by atoms with Crippen LogP contribution in [0.2, 0.25) is 0 Å². The smallest absolute Gasteiger partial charge is 0.361 e. The van der Waals surface area contributed by atoms with Crippen molar-refractivity contribution in [2.24, 2.45) is 23.2 Å².